The van der Waals surface area contributed by atoms with Gasteiger partial charge in [0, 0.05) is 12.6 Å². The minimum atomic E-state index is -1.01. The van der Waals surface area contributed by atoms with Crippen molar-refractivity contribution in [3.05, 3.63) is 48.0 Å². The van der Waals surface area contributed by atoms with E-state index in [0.29, 0.717) is 6.41 Å². The van der Waals surface area contributed by atoms with Crippen LogP contribution in [0.15, 0.2) is 48.0 Å². The van der Waals surface area contributed by atoms with Crippen molar-refractivity contribution in [3.63, 3.8) is 0 Å². The van der Waals surface area contributed by atoms with Crippen LogP contribution >= 0.6 is 0 Å². The van der Waals surface area contributed by atoms with Gasteiger partial charge in [0.15, 0.2) is 0 Å². The van der Waals surface area contributed by atoms with Crippen LogP contribution in [0.5, 0.6) is 0 Å². The number of likely N-dealkylation sites (N-methyl/N-ethyl adjacent to an activating group) is 1. The van der Waals surface area contributed by atoms with Gasteiger partial charge in [-0.15, -0.1) is 0 Å². The lowest BCUT2D eigenvalue weighted by atomic mass is 10.00. The van der Waals surface area contributed by atoms with Crippen molar-refractivity contribution >= 4 is 18.3 Å². The lowest BCUT2D eigenvalue weighted by molar-refractivity contribution is -0.133. The second-order valence-corrected chi connectivity index (χ2v) is 9.29. The molecule has 1 aromatic carbocycles. The highest BCUT2D eigenvalue weighted by molar-refractivity contribution is 5.86. The van der Waals surface area contributed by atoms with Gasteiger partial charge in [0.1, 0.15) is 0 Å². The van der Waals surface area contributed by atoms with Crippen molar-refractivity contribution in [1.29, 1.82) is 0 Å². The number of aliphatic carboxylic acids is 1. The summed E-state index contributed by atoms with van der Waals surface area (Å²) in [5, 5.41) is 11.1. The number of benzene rings is 1. The molecule has 2 rings (SSSR count). The van der Waals surface area contributed by atoms with Gasteiger partial charge >= 0.3 is 5.97 Å². The van der Waals surface area contributed by atoms with E-state index in [4.69, 9.17) is 5.11 Å². The molecule has 194 valence electrons. The summed E-state index contributed by atoms with van der Waals surface area (Å²) in [5.41, 5.74) is 0.191. The van der Waals surface area contributed by atoms with Gasteiger partial charge in [0.2, 0.25) is 12.3 Å². The number of carboxylic acid groups (broad SMARTS) is 1. The van der Waals surface area contributed by atoms with E-state index in [1.165, 1.54) is 37.8 Å². The highest BCUT2D eigenvalue weighted by Gasteiger charge is 2.21. The van der Waals surface area contributed by atoms with Crippen LogP contribution in [-0.4, -0.2) is 73.0 Å². The molecule has 0 saturated carbocycles. The molecule has 1 aromatic rings. The highest BCUT2D eigenvalue weighted by Crippen LogP contribution is 2.13. The molecule has 2 N–H and O–H groups in total. The molecule has 0 aromatic heterocycles. The van der Waals surface area contributed by atoms with Crippen LogP contribution in [0, 0.1) is 11.8 Å². The molecule has 7 nitrogen and oxygen atoms in total. The van der Waals surface area contributed by atoms with E-state index in [2.05, 4.69) is 38.0 Å². The third-order valence-corrected chi connectivity index (χ3v) is 4.61. The number of hydrogen-bond acceptors (Lipinski definition) is 4. The molecule has 0 radical (unpaired) electrons. The molecular weight excluding hydrogens is 430 g/mol. The molecule has 7 heteroatoms. The Hall–Kier alpha value is -2.67. The number of hydrogen-bond donors (Lipinski definition) is 2. The maximum atomic E-state index is 11.7. The fourth-order valence-corrected chi connectivity index (χ4v) is 2.76. The number of rotatable bonds is 7. The molecule has 0 bridgehead atoms. The van der Waals surface area contributed by atoms with E-state index in [1.54, 1.807) is 13.1 Å². The Morgan fingerprint density at radius 3 is 1.68 bits per heavy atom. The molecule has 0 spiro atoms. The van der Waals surface area contributed by atoms with E-state index in [0.717, 1.165) is 5.92 Å². The molecule has 34 heavy (non-hydrogen) atoms. The number of likely N-dealkylation sites (tertiary alicyclic amines) is 1. The van der Waals surface area contributed by atoms with E-state index in [-0.39, 0.29) is 30.0 Å². The summed E-state index contributed by atoms with van der Waals surface area (Å²) < 4.78 is 0. The first-order valence-corrected chi connectivity index (χ1v) is 12.0. The average molecular weight is 478 g/mol. The first kappa shape index (κ1) is 33.5. The Balaban J connectivity index is 0. The smallest absolute Gasteiger partial charge is 0.331 e. The van der Waals surface area contributed by atoms with Gasteiger partial charge in [-0.25, -0.2) is 4.79 Å². The molecule has 1 saturated heterocycles. The topological polar surface area (TPSA) is 90.0 Å². The quantitative estimate of drug-likeness (QED) is 0.451. The fraction of sp³-hybridized carbons (Fsp3) is 0.593. The van der Waals surface area contributed by atoms with Crippen molar-refractivity contribution in [2.75, 3.05) is 33.7 Å². The largest absolute Gasteiger partial charge is 0.478 e. The van der Waals surface area contributed by atoms with Gasteiger partial charge in [-0.3, -0.25) is 9.59 Å². The van der Waals surface area contributed by atoms with Crippen LogP contribution in [0.2, 0.25) is 0 Å². The maximum absolute atomic E-state index is 11.7. The van der Waals surface area contributed by atoms with Crippen molar-refractivity contribution in [1.82, 2.24) is 15.1 Å². The zero-order valence-electron chi connectivity index (χ0n) is 22.5. The van der Waals surface area contributed by atoms with Crippen LogP contribution in [0.3, 0.4) is 0 Å². The van der Waals surface area contributed by atoms with Gasteiger partial charge in [-0.2, -0.15) is 0 Å². The number of amides is 2. The molecule has 1 aliphatic heterocycles. The monoisotopic (exact) mass is 477 g/mol. The molecule has 1 aliphatic rings. The van der Waals surface area contributed by atoms with Crippen LogP contribution in [0.4, 0.5) is 0 Å². The molecular formula is C27H47N3O4. The second kappa shape index (κ2) is 20.9. The zero-order chi connectivity index (χ0) is 26.5. The van der Waals surface area contributed by atoms with Crippen LogP contribution < -0.4 is 5.32 Å². The normalized spacial score (nSPS) is 13.9. The molecule has 0 aliphatic carbocycles. The van der Waals surface area contributed by atoms with Crippen molar-refractivity contribution in [2.45, 2.75) is 60.4 Å². The first-order chi connectivity index (χ1) is 15.9. The van der Waals surface area contributed by atoms with Crippen LogP contribution in [0.1, 0.15) is 54.4 Å². The number of carbonyl (C=O) groups excluding carboxylic acids is 2. The SMILES string of the molecule is C/C(=C\[C@H](C(C)C)N(C)C(=O)CNC=O)C(=O)O.CC(C)C.CN1CCCC1.c1ccccc1. The van der Waals surface area contributed by atoms with Gasteiger partial charge < -0.3 is 20.2 Å². The fourth-order valence-electron chi connectivity index (χ4n) is 2.76. The number of carboxylic acids is 1. The van der Waals surface area contributed by atoms with Gasteiger partial charge in [0.25, 0.3) is 0 Å². The highest BCUT2D eigenvalue weighted by atomic mass is 16.4. The predicted octanol–water partition coefficient (Wildman–Crippen LogP) is 4.31. The van der Waals surface area contributed by atoms with Gasteiger partial charge in [0.05, 0.1) is 12.6 Å². The standard InChI is InChI=1S/C12H20N2O4.C6H6.C5H11N.C4H10/c1-8(2)10(5-9(3)12(17)18)14(4)11(16)6-13-7-15;1-2-4-6-5-3-1;1-6-4-2-3-5-6;1-4(2)3/h5,7-8,10H,6H2,1-4H3,(H,13,15)(H,17,18);1-6H;2-5H2,1H3;4H,1-3H3/b9-5+;;;/t10-;;;/m1.../s1. The first-order valence-electron chi connectivity index (χ1n) is 12.0. The Morgan fingerprint density at radius 2 is 1.41 bits per heavy atom. The summed E-state index contributed by atoms with van der Waals surface area (Å²) in [6.07, 6.45) is 4.83. The maximum Gasteiger partial charge on any atom is 0.331 e. The summed E-state index contributed by atoms with van der Waals surface area (Å²) in [6.45, 7) is 14.3. The Morgan fingerprint density at radius 1 is 1.00 bits per heavy atom. The number of nitrogens with one attached hydrogen (secondary N) is 1. The summed E-state index contributed by atoms with van der Waals surface area (Å²) in [5.74, 6) is -0.368. The zero-order valence-corrected chi connectivity index (χ0v) is 22.5. The van der Waals surface area contributed by atoms with E-state index >= 15 is 0 Å². The van der Waals surface area contributed by atoms with Crippen LogP contribution in [0.25, 0.3) is 0 Å². The minimum Gasteiger partial charge on any atom is -0.478 e. The van der Waals surface area contributed by atoms with Gasteiger partial charge in [-0.05, 0) is 51.7 Å². The third kappa shape index (κ3) is 20.0. The number of nitrogens with zero attached hydrogens (tertiary/aromatic N) is 2. The van der Waals surface area contributed by atoms with Crippen molar-refractivity contribution in [2.24, 2.45) is 11.8 Å². The molecule has 1 fully saturated rings. The molecule has 1 heterocycles. The number of carbonyl (C=O) groups is 3. The summed E-state index contributed by atoms with van der Waals surface area (Å²) >= 11 is 0. The Labute approximate surface area is 207 Å². The Kier molecular flexibility index (Phi) is 20.6. The van der Waals surface area contributed by atoms with E-state index in [9.17, 15) is 14.4 Å². The minimum absolute atomic E-state index is 0.0736. The predicted molar refractivity (Wildman–Crippen MR) is 141 cm³/mol. The lowest BCUT2D eigenvalue weighted by Crippen LogP contribution is -2.43. The summed E-state index contributed by atoms with van der Waals surface area (Å²) in [7, 11) is 3.76. The Bertz CT molecular complexity index is 655. The summed E-state index contributed by atoms with van der Waals surface area (Å²) in [4.78, 5) is 36.4. The van der Waals surface area contributed by atoms with E-state index < -0.39 is 5.97 Å². The van der Waals surface area contributed by atoms with Crippen molar-refractivity contribution in [3.8, 4) is 0 Å². The van der Waals surface area contributed by atoms with Gasteiger partial charge in [-0.1, -0.05) is 77.1 Å². The average Bonchev–Trinajstić information content (AvgIpc) is 3.27. The van der Waals surface area contributed by atoms with E-state index in [1.807, 2.05) is 50.2 Å². The molecule has 0 unspecified atom stereocenters. The second-order valence-electron chi connectivity index (χ2n) is 9.29. The third-order valence-electron chi connectivity index (χ3n) is 4.61. The van der Waals surface area contributed by atoms with Crippen molar-refractivity contribution < 1.29 is 19.5 Å². The molecule has 2 amide bonds. The summed E-state index contributed by atoms with van der Waals surface area (Å²) in [6, 6.07) is 11.7. The van der Waals surface area contributed by atoms with Crippen LogP contribution in [-0.2, 0) is 14.4 Å². The lowest BCUT2D eigenvalue weighted by Gasteiger charge is -2.29. The molecule has 1 atom stereocenters.